The van der Waals surface area contributed by atoms with Crippen LogP contribution in [-0.2, 0) is 20.9 Å². The average Bonchev–Trinajstić information content (AvgIpc) is 2.64. The summed E-state index contributed by atoms with van der Waals surface area (Å²) in [6, 6.07) is 12.6. The molecular weight excluding hydrogens is 373 g/mol. The van der Waals surface area contributed by atoms with Gasteiger partial charge >= 0.3 is 5.97 Å². The Morgan fingerprint density at radius 2 is 1.85 bits per heavy atom. The molecule has 27 heavy (non-hydrogen) atoms. The molecule has 1 aliphatic heterocycles. The molecule has 0 saturated carbocycles. The molecule has 2 aromatic carbocycles. The van der Waals surface area contributed by atoms with Gasteiger partial charge in [-0.1, -0.05) is 35.9 Å². The molecule has 1 fully saturated rings. The van der Waals surface area contributed by atoms with E-state index in [1.165, 1.54) is 12.1 Å². The van der Waals surface area contributed by atoms with Gasteiger partial charge in [-0.25, -0.2) is 9.18 Å². The second-order valence-electron chi connectivity index (χ2n) is 6.43. The van der Waals surface area contributed by atoms with Crippen molar-refractivity contribution in [3.63, 3.8) is 0 Å². The lowest BCUT2D eigenvalue weighted by atomic mass is 9.91. The van der Waals surface area contributed by atoms with Crippen LogP contribution in [0.2, 0.25) is 5.02 Å². The number of piperidine rings is 1. The van der Waals surface area contributed by atoms with Gasteiger partial charge < -0.3 is 14.7 Å². The lowest BCUT2D eigenvalue weighted by molar-refractivity contribution is -0.154. The fourth-order valence-corrected chi connectivity index (χ4v) is 3.43. The van der Waals surface area contributed by atoms with Crippen LogP contribution < -0.4 is 0 Å². The summed E-state index contributed by atoms with van der Waals surface area (Å²) in [6.45, 7) is -0.160. The Morgan fingerprint density at radius 3 is 2.48 bits per heavy atom. The van der Waals surface area contributed by atoms with Crippen molar-refractivity contribution < 1.29 is 23.8 Å². The minimum absolute atomic E-state index is 0.0607. The van der Waals surface area contributed by atoms with E-state index < -0.39 is 24.7 Å². The van der Waals surface area contributed by atoms with Gasteiger partial charge in [-0.2, -0.15) is 0 Å². The van der Waals surface area contributed by atoms with Crippen LogP contribution in [-0.4, -0.2) is 34.6 Å². The number of hydrogen-bond acceptors (Lipinski definition) is 3. The molecule has 2 atom stereocenters. The topological polar surface area (TPSA) is 66.8 Å². The molecule has 1 amide bonds. The quantitative estimate of drug-likeness (QED) is 0.813. The lowest BCUT2D eigenvalue weighted by Gasteiger charge is -2.41. The first kappa shape index (κ1) is 19.3. The molecule has 1 heterocycles. The van der Waals surface area contributed by atoms with Crippen LogP contribution in [0.25, 0.3) is 0 Å². The van der Waals surface area contributed by atoms with Gasteiger partial charge in [-0.3, -0.25) is 4.79 Å². The van der Waals surface area contributed by atoms with Gasteiger partial charge in [0.25, 0.3) is 0 Å². The number of ether oxygens (including phenoxy) is 1. The lowest BCUT2D eigenvalue weighted by Crippen LogP contribution is -2.46. The average molecular weight is 392 g/mol. The molecule has 1 N–H and O–H groups in total. The monoisotopic (exact) mass is 391 g/mol. The maximum absolute atomic E-state index is 13.2. The summed E-state index contributed by atoms with van der Waals surface area (Å²) in [5.41, 5.74) is 1.59. The summed E-state index contributed by atoms with van der Waals surface area (Å²) in [4.78, 5) is 25.3. The normalized spacial score (nSPS) is 19.9. The van der Waals surface area contributed by atoms with E-state index in [2.05, 4.69) is 0 Å². The summed E-state index contributed by atoms with van der Waals surface area (Å²) in [5.74, 6) is -1.47. The van der Waals surface area contributed by atoms with E-state index in [-0.39, 0.29) is 24.7 Å². The number of carbonyl (C=O) groups excluding carboxylic acids is 1. The Balaban J connectivity index is 1.92. The van der Waals surface area contributed by atoms with Gasteiger partial charge in [-0.05, 0) is 41.8 Å². The van der Waals surface area contributed by atoms with Crippen LogP contribution in [0.3, 0.4) is 0 Å². The second kappa shape index (κ2) is 8.50. The van der Waals surface area contributed by atoms with Crippen molar-refractivity contribution in [2.75, 3.05) is 6.61 Å². The number of amides is 1. The molecule has 0 aliphatic carbocycles. The second-order valence-corrected chi connectivity index (χ2v) is 6.86. The van der Waals surface area contributed by atoms with E-state index in [1.807, 2.05) is 0 Å². The third-order valence-corrected chi connectivity index (χ3v) is 4.80. The Bertz CT molecular complexity index is 810. The van der Waals surface area contributed by atoms with Gasteiger partial charge in [0.2, 0.25) is 5.91 Å². The standard InChI is InChI=1S/C20H19ClFNO4/c21-15-5-3-14(4-6-15)20-17(27-12-19(25)26)9-10-18(24)23(20)11-13-1-7-16(22)8-2-13/h1-8,17,20H,9-12H2,(H,25,26)/t17-,20+/m0/s1. The highest BCUT2D eigenvalue weighted by molar-refractivity contribution is 6.30. The van der Waals surface area contributed by atoms with E-state index in [9.17, 15) is 14.0 Å². The number of carboxylic acids is 1. The van der Waals surface area contributed by atoms with Crippen molar-refractivity contribution in [1.82, 2.24) is 4.90 Å². The Labute approximate surface area is 161 Å². The summed E-state index contributed by atoms with van der Waals surface area (Å²) in [6.07, 6.45) is 0.231. The minimum atomic E-state index is -1.06. The van der Waals surface area contributed by atoms with Crippen molar-refractivity contribution >= 4 is 23.5 Å². The number of likely N-dealkylation sites (tertiary alicyclic amines) is 1. The number of carbonyl (C=O) groups is 2. The van der Waals surface area contributed by atoms with Crippen LogP contribution in [0.1, 0.15) is 30.0 Å². The molecule has 0 aromatic heterocycles. The van der Waals surface area contributed by atoms with Gasteiger partial charge in [0.05, 0.1) is 12.1 Å². The molecule has 0 unspecified atom stereocenters. The predicted octanol–water partition coefficient (Wildman–Crippen LogP) is 3.81. The van der Waals surface area contributed by atoms with Crippen LogP contribution in [0.4, 0.5) is 4.39 Å². The molecule has 0 bridgehead atoms. The Kier molecular flexibility index (Phi) is 6.08. The largest absolute Gasteiger partial charge is 0.480 e. The number of benzene rings is 2. The Hall–Kier alpha value is -2.44. The zero-order valence-corrected chi connectivity index (χ0v) is 15.2. The number of rotatable bonds is 6. The highest BCUT2D eigenvalue weighted by Gasteiger charge is 2.37. The molecule has 1 aliphatic rings. The van der Waals surface area contributed by atoms with Gasteiger partial charge in [0.15, 0.2) is 0 Å². The van der Waals surface area contributed by atoms with Crippen LogP contribution in [0.15, 0.2) is 48.5 Å². The summed E-state index contributed by atoms with van der Waals surface area (Å²) >= 11 is 5.97. The maximum Gasteiger partial charge on any atom is 0.329 e. The number of carboxylic acid groups (broad SMARTS) is 1. The van der Waals surface area contributed by atoms with Crippen molar-refractivity contribution in [1.29, 1.82) is 0 Å². The zero-order valence-electron chi connectivity index (χ0n) is 14.5. The van der Waals surface area contributed by atoms with Crippen molar-refractivity contribution in [3.05, 3.63) is 70.5 Å². The first-order valence-corrected chi connectivity index (χ1v) is 8.94. The smallest absolute Gasteiger partial charge is 0.329 e. The minimum Gasteiger partial charge on any atom is -0.480 e. The molecule has 7 heteroatoms. The molecule has 2 aromatic rings. The highest BCUT2D eigenvalue weighted by atomic mass is 35.5. The number of hydrogen-bond donors (Lipinski definition) is 1. The van der Waals surface area contributed by atoms with Crippen LogP contribution >= 0.6 is 11.6 Å². The third kappa shape index (κ3) is 4.84. The van der Waals surface area contributed by atoms with E-state index >= 15 is 0 Å². The predicted molar refractivity (Wildman–Crippen MR) is 97.8 cm³/mol. The third-order valence-electron chi connectivity index (χ3n) is 4.55. The van der Waals surface area contributed by atoms with Gasteiger partial charge in [0.1, 0.15) is 12.4 Å². The molecular formula is C20H19ClFNO4. The molecule has 5 nitrogen and oxygen atoms in total. The van der Waals surface area contributed by atoms with Crippen LogP contribution in [0, 0.1) is 5.82 Å². The van der Waals surface area contributed by atoms with E-state index in [0.29, 0.717) is 11.4 Å². The van der Waals surface area contributed by atoms with E-state index in [1.54, 1.807) is 41.3 Å². The molecule has 1 saturated heterocycles. The summed E-state index contributed by atoms with van der Waals surface area (Å²) in [7, 11) is 0. The number of aliphatic carboxylic acids is 1. The van der Waals surface area contributed by atoms with Crippen molar-refractivity contribution in [2.24, 2.45) is 0 Å². The summed E-state index contributed by atoms with van der Waals surface area (Å²) in [5, 5.41) is 9.52. The highest BCUT2D eigenvalue weighted by Crippen LogP contribution is 2.35. The number of nitrogens with zero attached hydrogens (tertiary/aromatic N) is 1. The first-order valence-electron chi connectivity index (χ1n) is 8.57. The maximum atomic E-state index is 13.2. The fourth-order valence-electron chi connectivity index (χ4n) is 3.30. The van der Waals surface area contributed by atoms with Crippen LogP contribution in [0.5, 0.6) is 0 Å². The Morgan fingerprint density at radius 1 is 1.19 bits per heavy atom. The van der Waals surface area contributed by atoms with Crippen molar-refractivity contribution in [3.8, 4) is 0 Å². The molecule has 3 rings (SSSR count). The summed E-state index contributed by atoms with van der Waals surface area (Å²) < 4.78 is 18.8. The van der Waals surface area contributed by atoms with E-state index in [4.69, 9.17) is 21.4 Å². The molecule has 142 valence electrons. The SMILES string of the molecule is O=C(O)CO[C@H]1CCC(=O)N(Cc2ccc(F)cc2)[C@@H]1c1ccc(Cl)cc1. The van der Waals surface area contributed by atoms with E-state index in [0.717, 1.165) is 11.1 Å². The molecule has 0 spiro atoms. The fraction of sp³-hybridized carbons (Fsp3) is 0.300. The molecule has 0 radical (unpaired) electrons. The first-order chi connectivity index (χ1) is 12.9. The van der Waals surface area contributed by atoms with Gasteiger partial charge in [-0.15, -0.1) is 0 Å². The number of halogens is 2. The zero-order chi connectivity index (χ0) is 19.4. The van der Waals surface area contributed by atoms with Crippen molar-refractivity contribution in [2.45, 2.75) is 31.5 Å². The van der Waals surface area contributed by atoms with Gasteiger partial charge in [0, 0.05) is 18.0 Å².